The topological polar surface area (TPSA) is 72.3 Å². The molecule has 3 aliphatic rings. The molecule has 1 unspecified atom stereocenters. The molecule has 1 saturated carbocycles. The highest BCUT2D eigenvalue weighted by Gasteiger charge is 2.46. The molecule has 3 aromatic heterocycles. The van der Waals surface area contributed by atoms with E-state index >= 15 is 0 Å². The second-order valence-corrected chi connectivity index (χ2v) is 10.6. The van der Waals surface area contributed by atoms with E-state index in [-0.39, 0.29) is 17.3 Å². The number of piperidine rings is 1. The molecule has 4 aromatic rings. The summed E-state index contributed by atoms with van der Waals surface area (Å²) in [5.41, 5.74) is 13.6. The van der Waals surface area contributed by atoms with Gasteiger partial charge in [-0.1, -0.05) is 6.07 Å². The highest BCUT2D eigenvalue weighted by molar-refractivity contribution is 5.74. The Labute approximate surface area is 204 Å². The third-order valence-corrected chi connectivity index (χ3v) is 8.56. The van der Waals surface area contributed by atoms with Crippen molar-refractivity contribution in [1.82, 2.24) is 19.4 Å². The van der Waals surface area contributed by atoms with Crippen LogP contribution in [-0.2, 0) is 6.42 Å². The average molecular weight is 469 g/mol. The SMILES string of the molecule is Cc1nccc(-c2ncc3c(N4CCC5(CC4)Cc4cc(F)ccc4C5N)nccn23)c1C1CC1. The van der Waals surface area contributed by atoms with E-state index in [0.717, 1.165) is 66.3 Å². The van der Waals surface area contributed by atoms with Gasteiger partial charge in [0.1, 0.15) is 17.2 Å². The van der Waals surface area contributed by atoms with E-state index in [4.69, 9.17) is 15.7 Å². The Morgan fingerprint density at radius 1 is 1.06 bits per heavy atom. The number of nitrogens with zero attached hydrogens (tertiary/aromatic N) is 5. The third kappa shape index (κ3) is 3.21. The number of imidazole rings is 1. The van der Waals surface area contributed by atoms with Gasteiger partial charge in [0.25, 0.3) is 0 Å². The molecule has 0 amide bonds. The number of halogens is 1. The van der Waals surface area contributed by atoms with E-state index in [0.29, 0.717) is 5.92 Å². The second-order valence-electron chi connectivity index (χ2n) is 10.6. The standard InChI is InChI=1S/C28H29FN6/c1-17-24(18-2-3-18)22(6-9-31-17)26-33-16-23-27(32-10-13-35(23)26)34-11-7-28(8-12-34)15-19-14-20(29)4-5-21(19)25(28)30/h4-6,9-10,13-14,16,18,25H,2-3,7-8,11-12,15,30H2,1H3. The molecule has 178 valence electrons. The molecule has 1 aromatic carbocycles. The van der Waals surface area contributed by atoms with Crippen LogP contribution in [0.3, 0.4) is 0 Å². The first-order valence-corrected chi connectivity index (χ1v) is 12.6. The van der Waals surface area contributed by atoms with E-state index in [2.05, 4.69) is 27.3 Å². The number of aromatic nitrogens is 4. The molecule has 6 nitrogen and oxygen atoms in total. The van der Waals surface area contributed by atoms with Crippen LogP contribution in [0.4, 0.5) is 10.2 Å². The summed E-state index contributed by atoms with van der Waals surface area (Å²) in [4.78, 5) is 16.6. The summed E-state index contributed by atoms with van der Waals surface area (Å²) < 4.78 is 16.0. The van der Waals surface area contributed by atoms with Crippen LogP contribution in [0, 0.1) is 18.2 Å². The van der Waals surface area contributed by atoms with Gasteiger partial charge in [0.2, 0.25) is 0 Å². The van der Waals surface area contributed by atoms with Crippen LogP contribution in [0.1, 0.15) is 60.0 Å². The molecule has 35 heavy (non-hydrogen) atoms. The summed E-state index contributed by atoms with van der Waals surface area (Å²) in [5, 5.41) is 0. The maximum Gasteiger partial charge on any atom is 0.154 e. The Hall–Kier alpha value is -3.32. The normalized spacial score (nSPS) is 21.1. The highest BCUT2D eigenvalue weighted by Crippen LogP contribution is 2.51. The lowest BCUT2D eigenvalue weighted by Gasteiger charge is -2.42. The van der Waals surface area contributed by atoms with Gasteiger partial charge in [0, 0.05) is 49.0 Å². The first-order chi connectivity index (χ1) is 17.0. The summed E-state index contributed by atoms with van der Waals surface area (Å²) in [6.07, 6.45) is 13.0. The van der Waals surface area contributed by atoms with Crippen LogP contribution in [-0.4, -0.2) is 32.4 Å². The van der Waals surface area contributed by atoms with Crippen molar-refractivity contribution in [3.63, 3.8) is 0 Å². The molecule has 2 fully saturated rings. The number of hydrogen-bond donors (Lipinski definition) is 1. The van der Waals surface area contributed by atoms with Crippen molar-refractivity contribution in [3.8, 4) is 11.4 Å². The molecule has 0 radical (unpaired) electrons. The number of anilines is 1. The lowest BCUT2D eigenvalue weighted by atomic mass is 9.73. The van der Waals surface area contributed by atoms with Crippen molar-refractivity contribution in [2.45, 2.75) is 51.0 Å². The number of nitrogens with two attached hydrogens (primary N) is 1. The van der Waals surface area contributed by atoms with Crippen LogP contribution in [0.15, 0.2) is 49.1 Å². The molecule has 1 aliphatic heterocycles. The number of fused-ring (bicyclic) bond motifs is 2. The largest absolute Gasteiger partial charge is 0.355 e. The van der Waals surface area contributed by atoms with Crippen molar-refractivity contribution < 1.29 is 4.39 Å². The number of benzene rings is 1. The number of aryl methyl sites for hydroxylation is 1. The minimum Gasteiger partial charge on any atom is -0.355 e. The Morgan fingerprint density at radius 3 is 2.69 bits per heavy atom. The fraction of sp³-hybridized carbons (Fsp3) is 0.393. The van der Waals surface area contributed by atoms with Gasteiger partial charge in [-0.15, -0.1) is 0 Å². The zero-order valence-electron chi connectivity index (χ0n) is 19.9. The first kappa shape index (κ1) is 21.0. The maximum absolute atomic E-state index is 13.8. The monoisotopic (exact) mass is 468 g/mol. The molecular weight excluding hydrogens is 439 g/mol. The van der Waals surface area contributed by atoms with Gasteiger partial charge < -0.3 is 10.6 Å². The minimum atomic E-state index is -0.174. The maximum atomic E-state index is 13.8. The number of hydrogen-bond acceptors (Lipinski definition) is 5. The average Bonchev–Trinajstić information content (AvgIpc) is 3.55. The molecule has 1 spiro atoms. The number of pyridine rings is 1. The first-order valence-electron chi connectivity index (χ1n) is 12.6. The highest BCUT2D eigenvalue weighted by atomic mass is 19.1. The summed E-state index contributed by atoms with van der Waals surface area (Å²) in [5.74, 6) is 2.35. The van der Waals surface area contributed by atoms with Crippen molar-refractivity contribution in [2.75, 3.05) is 18.0 Å². The second kappa shape index (κ2) is 7.59. The zero-order valence-corrected chi connectivity index (χ0v) is 19.9. The van der Waals surface area contributed by atoms with Gasteiger partial charge >= 0.3 is 0 Å². The Kier molecular flexibility index (Phi) is 4.55. The van der Waals surface area contributed by atoms with E-state index in [9.17, 15) is 4.39 Å². The molecule has 2 N–H and O–H groups in total. The van der Waals surface area contributed by atoms with E-state index in [1.165, 1.54) is 30.0 Å². The number of rotatable bonds is 3. The van der Waals surface area contributed by atoms with E-state index in [1.54, 1.807) is 6.07 Å². The van der Waals surface area contributed by atoms with Crippen molar-refractivity contribution in [3.05, 3.63) is 77.3 Å². The van der Waals surface area contributed by atoms with Crippen LogP contribution in [0.25, 0.3) is 16.9 Å². The fourth-order valence-electron chi connectivity index (χ4n) is 6.52. The molecule has 7 heteroatoms. The van der Waals surface area contributed by atoms with Gasteiger partial charge in [-0.2, -0.15) is 0 Å². The van der Waals surface area contributed by atoms with Crippen LogP contribution in [0.2, 0.25) is 0 Å². The quantitative estimate of drug-likeness (QED) is 0.460. The van der Waals surface area contributed by atoms with Crippen LogP contribution >= 0.6 is 0 Å². The molecular formula is C28H29FN6. The van der Waals surface area contributed by atoms with Crippen molar-refractivity contribution in [2.24, 2.45) is 11.1 Å². The summed E-state index contributed by atoms with van der Waals surface area (Å²) in [6.45, 7) is 3.85. The van der Waals surface area contributed by atoms with Gasteiger partial charge in [-0.25, -0.2) is 14.4 Å². The van der Waals surface area contributed by atoms with Crippen molar-refractivity contribution in [1.29, 1.82) is 0 Å². The smallest absolute Gasteiger partial charge is 0.154 e. The molecule has 2 aliphatic carbocycles. The summed E-state index contributed by atoms with van der Waals surface area (Å²) in [7, 11) is 0. The predicted molar refractivity (Wildman–Crippen MR) is 134 cm³/mol. The van der Waals surface area contributed by atoms with Gasteiger partial charge in [0.05, 0.1) is 6.20 Å². The lowest BCUT2D eigenvalue weighted by molar-refractivity contribution is 0.187. The van der Waals surface area contributed by atoms with Gasteiger partial charge in [-0.3, -0.25) is 9.38 Å². The predicted octanol–water partition coefficient (Wildman–Crippen LogP) is 4.96. The molecule has 1 atom stereocenters. The Balaban J connectivity index is 1.19. The van der Waals surface area contributed by atoms with E-state index < -0.39 is 0 Å². The minimum absolute atomic E-state index is 0.00315. The fourth-order valence-corrected chi connectivity index (χ4v) is 6.52. The van der Waals surface area contributed by atoms with Crippen molar-refractivity contribution >= 4 is 11.3 Å². The van der Waals surface area contributed by atoms with Gasteiger partial charge in [-0.05, 0) is 85.3 Å². The van der Waals surface area contributed by atoms with Gasteiger partial charge in [0.15, 0.2) is 5.82 Å². The Morgan fingerprint density at radius 2 is 1.89 bits per heavy atom. The molecule has 4 heterocycles. The molecule has 0 bridgehead atoms. The zero-order chi connectivity index (χ0) is 23.7. The van der Waals surface area contributed by atoms with E-state index in [1.807, 2.05) is 30.9 Å². The molecule has 7 rings (SSSR count). The summed E-state index contributed by atoms with van der Waals surface area (Å²) in [6, 6.07) is 7.14. The van der Waals surface area contributed by atoms with Crippen LogP contribution in [0.5, 0.6) is 0 Å². The lowest BCUT2D eigenvalue weighted by Crippen LogP contribution is -2.44. The summed E-state index contributed by atoms with van der Waals surface area (Å²) >= 11 is 0. The van der Waals surface area contributed by atoms with Crippen LogP contribution < -0.4 is 10.6 Å². The third-order valence-electron chi connectivity index (χ3n) is 8.56. The molecule has 1 saturated heterocycles. The Bertz CT molecular complexity index is 1450.